The van der Waals surface area contributed by atoms with Gasteiger partial charge in [-0.25, -0.2) is 0 Å². The molecule has 0 heterocycles. The van der Waals surface area contributed by atoms with Crippen molar-refractivity contribution < 1.29 is 4.74 Å². The van der Waals surface area contributed by atoms with Gasteiger partial charge >= 0.3 is 0 Å². The van der Waals surface area contributed by atoms with Crippen molar-refractivity contribution in [3.63, 3.8) is 0 Å². The Balaban J connectivity index is 2.49. The molecule has 94 valence electrons. The van der Waals surface area contributed by atoms with Crippen molar-refractivity contribution >= 4 is 11.6 Å². The number of nitrogens with two attached hydrogens (primary N) is 1. The van der Waals surface area contributed by atoms with Crippen LogP contribution in [0.15, 0.2) is 42.5 Å². The standard InChI is InChI=1S/C15H16ClNO/c1-18-15-6-5-11(7-8-17)9-14(15)12-3-2-4-13(16)10-12/h2-6,9-10H,7-8,17H2,1H3. The molecule has 18 heavy (non-hydrogen) atoms. The van der Waals surface area contributed by atoms with E-state index >= 15 is 0 Å². The van der Waals surface area contributed by atoms with E-state index in [1.807, 2.05) is 36.4 Å². The Morgan fingerprint density at radius 1 is 1.17 bits per heavy atom. The van der Waals surface area contributed by atoms with Crippen molar-refractivity contribution in [2.24, 2.45) is 5.73 Å². The summed E-state index contributed by atoms with van der Waals surface area (Å²) in [5, 5.41) is 0.721. The summed E-state index contributed by atoms with van der Waals surface area (Å²) in [6.45, 7) is 0.640. The highest BCUT2D eigenvalue weighted by atomic mass is 35.5. The monoisotopic (exact) mass is 261 g/mol. The van der Waals surface area contributed by atoms with Gasteiger partial charge in [-0.05, 0) is 48.4 Å². The van der Waals surface area contributed by atoms with Crippen molar-refractivity contribution in [1.82, 2.24) is 0 Å². The van der Waals surface area contributed by atoms with Gasteiger partial charge in [0.15, 0.2) is 0 Å². The SMILES string of the molecule is COc1ccc(CCN)cc1-c1cccc(Cl)c1. The third-order valence-corrected chi connectivity index (χ3v) is 3.07. The molecule has 0 radical (unpaired) electrons. The summed E-state index contributed by atoms with van der Waals surface area (Å²) in [5.41, 5.74) is 8.89. The molecule has 2 nitrogen and oxygen atoms in total. The predicted molar refractivity (Wildman–Crippen MR) is 76.2 cm³/mol. The molecule has 0 aliphatic carbocycles. The lowest BCUT2D eigenvalue weighted by Crippen LogP contribution is -2.03. The quantitative estimate of drug-likeness (QED) is 0.914. The van der Waals surface area contributed by atoms with Crippen molar-refractivity contribution in [3.8, 4) is 16.9 Å². The molecule has 0 amide bonds. The van der Waals surface area contributed by atoms with E-state index in [9.17, 15) is 0 Å². The second-order valence-electron chi connectivity index (χ2n) is 4.08. The Kier molecular flexibility index (Phi) is 4.24. The van der Waals surface area contributed by atoms with Crippen LogP contribution >= 0.6 is 11.6 Å². The van der Waals surface area contributed by atoms with Gasteiger partial charge in [0, 0.05) is 10.6 Å². The Morgan fingerprint density at radius 3 is 2.67 bits per heavy atom. The maximum absolute atomic E-state index is 6.03. The average molecular weight is 262 g/mol. The number of hydrogen-bond donors (Lipinski definition) is 1. The number of ether oxygens (including phenoxy) is 1. The first kappa shape index (κ1) is 12.9. The van der Waals surface area contributed by atoms with Crippen LogP contribution in [0.4, 0.5) is 0 Å². The molecule has 0 bridgehead atoms. The van der Waals surface area contributed by atoms with Crippen LogP contribution in [0.25, 0.3) is 11.1 Å². The number of rotatable bonds is 4. The molecule has 2 aromatic rings. The van der Waals surface area contributed by atoms with Crippen LogP contribution < -0.4 is 10.5 Å². The summed E-state index contributed by atoms with van der Waals surface area (Å²) in [6, 6.07) is 13.9. The predicted octanol–water partition coefficient (Wildman–Crippen LogP) is 3.52. The van der Waals surface area contributed by atoms with E-state index in [1.165, 1.54) is 5.56 Å². The molecule has 2 aromatic carbocycles. The molecule has 0 saturated carbocycles. The molecule has 2 N–H and O–H groups in total. The Labute approximate surface area is 112 Å². The molecule has 0 atom stereocenters. The molecule has 0 aromatic heterocycles. The summed E-state index contributed by atoms with van der Waals surface area (Å²) in [5.74, 6) is 0.845. The summed E-state index contributed by atoms with van der Waals surface area (Å²) in [6.07, 6.45) is 0.859. The zero-order chi connectivity index (χ0) is 13.0. The van der Waals surface area contributed by atoms with Gasteiger partial charge in [0.25, 0.3) is 0 Å². The van der Waals surface area contributed by atoms with Crippen LogP contribution in [0, 0.1) is 0 Å². The van der Waals surface area contributed by atoms with Gasteiger partial charge < -0.3 is 10.5 Å². The summed E-state index contributed by atoms with van der Waals surface area (Å²) in [7, 11) is 1.67. The van der Waals surface area contributed by atoms with Crippen LogP contribution in [-0.2, 0) is 6.42 Å². The van der Waals surface area contributed by atoms with Crippen LogP contribution in [0.2, 0.25) is 5.02 Å². The van der Waals surface area contributed by atoms with Gasteiger partial charge in [0.2, 0.25) is 0 Å². The van der Waals surface area contributed by atoms with Crippen molar-refractivity contribution in [2.75, 3.05) is 13.7 Å². The highest BCUT2D eigenvalue weighted by Gasteiger charge is 2.07. The highest BCUT2D eigenvalue weighted by molar-refractivity contribution is 6.30. The Hall–Kier alpha value is -1.51. The second-order valence-corrected chi connectivity index (χ2v) is 4.52. The molecule has 0 unspecified atom stereocenters. The topological polar surface area (TPSA) is 35.2 Å². The van der Waals surface area contributed by atoms with Crippen LogP contribution in [0.3, 0.4) is 0 Å². The van der Waals surface area contributed by atoms with Crippen LogP contribution in [-0.4, -0.2) is 13.7 Å². The van der Waals surface area contributed by atoms with Crippen LogP contribution in [0.1, 0.15) is 5.56 Å². The van der Waals surface area contributed by atoms with Gasteiger partial charge in [0.05, 0.1) is 7.11 Å². The number of hydrogen-bond acceptors (Lipinski definition) is 2. The fourth-order valence-electron chi connectivity index (χ4n) is 1.96. The lowest BCUT2D eigenvalue weighted by molar-refractivity contribution is 0.416. The van der Waals surface area contributed by atoms with Gasteiger partial charge in [-0.2, -0.15) is 0 Å². The lowest BCUT2D eigenvalue weighted by Gasteiger charge is -2.11. The van der Waals surface area contributed by atoms with E-state index in [1.54, 1.807) is 7.11 Å². The van der Waals surface area contributed by atoms with E-state index in [4.69, 9.17) is 22.1 Å². The number of methoxy groups -OCH3 is 1. The van der Waals surface area contributed by atoms with Crippen molar-refractivity contribution in [3.05, 3.63) is 53.1 Å². The first-order chi connectivity index (χ1) is 8.74. The van der Waals surface area contributed by atoms with Crippen molar-refractivity contribution in [2.45, 2.75) is 6.42 Å². The van der Waals surface area contributed by atoms with E-state index in [2.05, 4.69) is 6.07 Å². The molecule has 0 saturated heterocycles. The first-order valence-corrected chi connectivity index (χ1v) is 6.25. The molecule has 0 spiro atoms. The fourth-order valence-corrected chi connectivity index (χ4v) is 2.15. The van der Waals surface area contributed by atoms with E-state index in [-0.39, 0.29) is 0 Å². The summed E-state index contributed by atoms with van der Waals surface area (Å²) >= 11 is 6.03. The highest BCUT2D eigenvalue weighted by Crippen LogP contribution is 2.32. The summed E-state index contributed by atoms with van der Waals surface area (Å²) in [4.78, 5) is 0. The van der Waals surface area contributed by atoms with E-state index < -0.39 is 0 Å². The molecular formula is C15H16ClNO. The minimum absolute atomic E-state index is 0.640. The number of halogens is 1. The van der Waals surface area contributed by atoms with Gasteiger partial charge in [0.1, 0.15) is 5.75 Å². The molecule has 3 heteroatoms. The molecule has 2 rings (SSSR count). The fraction of sp³-hybridized carbons (Fsp3) is 0.200. The summed E-state index contributed by atoms with van der Waals surface area (Å²) < 4.78 is 5.40. The third-order valence-electron chi connectivity index (χ3n) is 2.83. The first-order valence-electron chi connectivity index (χ1n) is 5.87. The largest absolute Gasteiger partial charge is 0.496 e. The Bertz CT molecular complexity index is 540. The molecular weight excluding hydrogens is 246 g/mol. The third kappa shape index (κ3) is 2.84. The minimum Gasteiger partial charge on any atom is -0.496 e. The number of benzene rings is 2. The maximum atomic E-state index is 6.03. The normalized spacial score (nSPS) is 10.4. The smallest absolute Gasteiger partial charge is 0.126 e. The average Bonchev–Trinajstić information content (AvgIpc) is 2.39. The van der Waals surface area contributed by atoms with E-state index in [0.717, 1.165) is 28.3 Å². The molecule has 0 fully saturated rings. The Morgan fingerprint density at radius 2 is 2.00 bits per heavy atom. The van der Waals surface area contributed by atoms with Gasteiger partial charge in [-0.3, -0.25) is 0 Å². The minimum atomic E-state index is 0.640. The molecule has 0 aliphatic rings. The zero-order valence-corrected chi connectivity index (χ0v) is 11.1. The van der Waals surface area contributed by atoms with E-state index in [0.29, 0.717) is 6.54 Å². The lowest BCUT2D eigenvalue weighted by atomic mass is 10.0. The van der Waals surface area contributed by atoms with Gasteiger partial charge in [-0.15, -0.1) is 0 Å². The molecule has 0 aliphatic heterocycles. The maximum Gasteiger partial charge on any atom is 0.126 e. The zero-order valence-electron chi connectivity index (χ0n) is 10.3. The van der Waals surface area contributed by atoms with Gasteiger partial charge in [-0.1, -0.05) is 29.8 Å². The van der Waals surface area contributed by atoms with Crippen molar-refractivity contribution in [1.29, 1.82) is 0 Å². The second kappa shape index (κ2) is 5.89. The van der Waals surface area contributed by atoms with Crippen LogP contribution in [0.5, 0.6) is 5.75 Å².